The Balaban J connectivity index is 1.79. The summed E-state index contributed by atoms with van der Waals surface area (Å²) in [6, 6.07) is 33.0. The molecule has 4 rings (SSSR count). The Labute approximate surface area is 255 Å². The summed E-state index contributed by atoms with van der Waals surface area (Å²) in [4.78, 5) is 29.9. The lowest BCUT2D eigenvalue weighted by Crippen LogP contribution is -2.54. The second kappa shape index (κ2) is 14.6. The summed E-state index contributed by atoms with van der Waals surface area (Å²) >= 11 is 0. The number of nitrogens with one attached hydrogen (secondary N) is 1. The van der Waals surface area contributed by atoms with E-state index >= 15 is 0 Å². The summed E-state index contributed by atoms with van der Waals surface area (Å²) in [5, 5.41) is 3.06. The average Bonchev–Trinajstić information content (AvgIpc) is 3.02. The Kier molecular flexibility index (Phi) is 10.7. The molecule has 0 saturated carbocycles. The first-order valence-corrected chi connectivity index (χ1v) is 15.9. The van der Waals surface area contributed by atoms with Crippen molar-refractivity contribution in [3.63, 3.8) is 0 Å². The Bertz CT molecular complexity index is 1600. The van der Waals surface area contributed by atoms with E-state index in [1.807, 2.05) is 75.4 Å². The summed E-state index contributed by atoms with van der Waals surface area (Å²) in [5.74, 6) is -0.763. The molecule has 0 aromatic heterocycles. The Morgan fingerprint density at radius 3 is 1.98 bits per heavy atom. The molecule has 1 N–H and O–H groups in total. The van der Waals surface area contributed by atoms with Crippen molar-refractivity contribution < 1.29 is 18.0 Å². The van der Waals surface area contributed by atoms with Gasteiger partial charge in [-0.15, -0.1) is 0 Å². The largest absolute Gasteiger partial charge is 0.352 e. The van der Waals surface area contributed by atoms with Crippen molar-refractivity contribution in [3.8, 4) is 0 Å². The van der Waals surface area contributed by atoms with E-state index in [0.29, 0.717) is 5.69 Å². The number of hydrogen-bond acceptors (Lipinski definition) is 4. The number of aryl methyl sites for hydroxylation is 1. The monoisotopic (exact) mass is 597 g/mol. The maximum Gasteiger partial charge on any atom is 0.264 e. The predicted octanol–water partition coefficient (Wildman–Crippen LogP) is 5.75. The maximum atomic E-state index is 14.4. The van der Waals surface area contributed by atoms with E-state index in [2.05, 4.69) is 5.32 Å². The normalized spacial score (nSPS) is 12.6. The molecule has 4 aromatic carbocycles. The smallest absolute Gasteiger partial charge is 0.264 e. The van der Waals surface area contributed by atoms with Crippen molar-refractivity contribution in [2.24, 2.45) is 0 Å². The number of benzene rings is 4. The van der Waals surface area contributed by atoms with Gasteiger partial charge >= 0.3 is 0 Å². The maximum absolute atomic E-state index is 14.4. The number of hydrogen-bond donors (Lipinski definition) is 1. The van der Waals surface area contributed by atoms with Crippen LogP contribution in [0.1, 0.15) is 37.0 Å². The minimum atomic E-state index is -4.10. The molecule has 0 unspecified atom stereocenters. The van der Waals surface area contributed by atoms with Gasteiger partial charge < -0.3 is 10.2 Å². The van der Waals surface area contributed by atoms with Crippen LogP contribution in [0.25, 0.3) is 0 Å². The molecule has 8 heteroatoms. The number of rotatable bonds is 13. The Hall–Kier alpha value is -4.43. The van der Waals surface area contributed by atoms with Gasteiger partial charge in [-0.3, -0.25) is 13.9 Å². The first-order chi connectivity index (χ1) is 20.7. The van der Waals surface area contributed by atoms with Crippen LogP contribution >= 0.6 is 0 Å². The lowest BCUT2D eigenvalue weighted by Gasteiger charge is -2.34. The van der Waals surface area contributed by atoms with Gasteiger partial charge in [-0.25, -0.2) is 8.42 Å². The Morgan fingerprint density at radius 1 is 0.791 bits per heavy atom. The van der Waals surface area contributed by atoms with E-state index in [1.165, 1.54) is 17.0 Å². The van der Waals surface area contributed by atoms with Crippen molar-refractivity contribution >= 4 is 27.5 Å². The van der Waals surface area contributed by atoms with Crippen LogP contribution in [0.4, 0.5) is 5.69 Å². The van der Waals surface area contributed by atoms with E-state index in [4.69, 9.17) is 0 Å². The van der Waals surface area contributed by atoms with Crippen LogP contribution in [0.15, 0.2) is 120 Å². The van der Waals surface area contributed by atoms with E-state index in [-0.39, 0.29) is 29.8 Å². The van der Waals surface area contributed by atoms with Gasteiger partial charge in [-0.1, -0.05) is 103 Å². The summed E-state index contributed by atoms with van der Waals surface area (Å²) < 4.78 is 29.0. The van der Waals surface area contributed by atoms with Crippen LogP contribution in [0.5, 0.6) is 0 Å². The van der Waals surface area contributed by atoms with E-state index in [1.54, 1.807) is 48.5 Å². The fraction of sp³-hybridized carbons (Fsp3) is 0.257. The SMILES string of the molecule is CC[C@@H](C)NC(=O)[C@@H](Cc1ccccc1)N(Cc1cccc(C)c1)C(=O)CN(c1ccccc1)S(=O)(=O)c1ccccc1. The van der Waals surface area contributed by atoms with Crippen molar-refractivity contribution in [1.82, 2.24) is 10.2 Å². The highest BCUT2D eigenvalue weighted by Gasteiger charge is 2.34. The first kappa shape index (κ1) is 31.5. The second-order valence-electron chi connectivity index (χ2n) is 10.7. The van der Waals surface area contributed by atoms with Crippen LogP contribution in [-0.4, -0.2) is 43.8 Å². The molecule has 224 valence electrons. The van der Waals surface area contributed by atoms with Gasteiger partial charge in [0.25, 0.3) is 10.0 Å². The van der Waals surface area contributed by atoms with E-state index in [0.717, 1.165) is 27.4 Å². The number of carbonyl (C=O) groups excluding carboxylic acids is 2. The van der Waals surface area contributed by atoms with Crippen LogP contribution in [0.3, 0.4) is 0 Å². The highest BCUT2D eigenvalue weighted by atomic mass is 32.2. The van der Waals surface area contributed by atoms with Crippen LogP contribution < -0.4 is 9.62 Å². The minimum Gasteiger partial charge on any atom is -0.352 e. The summed E-state index contributed by atoms with van der Waals surface area (Å²) in [6.45, 7) is 5.54. The molecular formula is C35H39N3O4S. The number of carbonyl (C=O) groups is 2. The zero-order valence-electron chi connectivity index (χ0n) is 24.9. The molecule has 0 spiro atoms. The molecule has 2 atom stereocenters. The first-order valence-electron chi connectivity index (χ1n) is 14.5. The van der Waals surface area contributed by atoms with Gasteiger partial charge in [0, 0.05) is 19.0 Å². The number of anilines is 1. The zero-order valence-corrected chi connectivity index (χ0v) is 25.7. The van der Waals surface area contributed by atoms with Gasteiger partial charge in [-0.05, 0) is 55.7 Å². The van der Waals surface area contributed by atoms with E-state index < -0.39 is 28.5 Å². The molecule has 0 saturated heterocycles. The number of para-hydroxylation sites is 1. The average molecular weight is 598 g/mol. The van der Waals surface area contributed by atoms with Crippen molar-refractivity contribution in [2.45, 2.75) is 57.1 Å². The number of sulfonamides is 1. The molecule has 0 aliphatic rings. The van der Waals surface area contributed by atoms with Gasteiger partial charge in [0.1, 0.15) is 12.6 Å². The fourth-order valence-electron chi connectivity index (χ4n) is 4.84. The van der Waals surface area contributed by atoms with Crippen LogP contribution in [0.2, 0.25) is 0 Å². The fourth-order valence-corrected chi connectivity index (χ4v) is 6.28. The highest BCUT2D eigenvalue weighted by molar-refractivity contribution is 7.92. The second-order valence-corrected chi connectivity index (χ2v) is 12.6. The molecular weight excluding hydrogens is 558 g/mol. The molecule has 43 heavy (non-hydrogen) atoms. The molecule has 0 bridgehead atoms. The van der Waals surface area contributed by atoms with E-state index in [9.17, 15) is 18.0 Å². The molecule has 0 heterocycles. The molecule has 0 aliphatic heterocycles. The lowest BCUT2D eigenvalue weighted by atomic mass is 10.0. The van der Waals surface area contributed by atoms with Gasteiger partial charge in [-0.2, -0.15) is 0 Å². The van der Waals surface area contributed by atoms with Crippen LogP contribution in [0, 0.1) is 6.92 Å². The third-order valence-electron chi connectivity index (χ3n) is 7.36. The summed E-state index contributed by atoms with van der Waals surface area (Å²) in [5.41, 5.74) is 3.12. The molecule has 0 fully saturated rings. The number of nitrogens with zero attached hydrogens (tertiary/aromatic N) is 2. The number of amides is 2. The molecule has 0 aliphatic carbocycles. The summed E-state index contributed by atoms with van der Waals surface area (Å²) in [7, 11) is -4.10. The van der Waals surface area contributed by atoms with Gasteiger partial charge in [0.15, 0.2) is 0 Å². The minimum absolute atomic E-state index is 0.0761. The third-order valence-corrected chi connectivity index (χ3v) is 9.15. The van der Waals surface area contributed by atoms with Crippen LogP contribution in [-0.2, 0) is 32.6 Å². The van der Waals surface area contributed by atoms with Crippen molar-refractivity contribution in [3.05, 3.63) is 132 Å². The lowest BCUT2D eigenvalue weighted by molar-refractivity contribution is -0.140. The molecule has 7 nitrogen and oxygen atoms in total. The highest BCUT2D eigenvalue weighted by Crippen LogP contribution is 2.25. The van der Waals surface area contributed by atoms with Crippen molar-refractivity contribution in [1.29, 1.82) is 0 Å². The zero-order chi connectivity index (χ0) is 30.8. The van der Waals surface area contributed by atoms with Gasteiger partial charge in [0.2, 0.25) is 11.8 Å². The van der Waals surface area contributed by atoms with Crippen molar-refractivity contribution in [2.75, 3.05) is 10.8 Å². The topological polar surface area (TPSA) is 86.8 Å². The summed E-state index contributed by atoms with van der Waals surface area (Å²) in [6.07, 6.45) is 1.00. The molecule has 4 aromatic rings. The third kappa shape index (κ3) is 8.32. The Morgan fingerprint density at radius 2 is 1.37 bits per heavy atom. The standard InChI is InChI=1S/C35H39N3O4S/c1-4-28(3)36-35(40)33(24-29-16-8-5-9-17-29)37(25-30-18-14-15-27(2)23-30)34(39)26-38(31-19-10-6-11-20-31)43(41,42)32-21-12-7-13-22-32/h5-23,28,33H,4,24-26H2,1-3H3,(H,36,40)/t28-,33-/m1/s1. The molecule has 2 amide bonds. The predicted molar refractivity (Wildman–Crippen MR) is 171 cm³/mol. The van der Waals surface area contributed by atoms with Gasteiger partial charge in [0.05, 0.1) is 10.6 Å². The quantitative estimate of drug-likeness (QED) is 0.213. The molecule has 0 radical (unpaired) electrons.